The summed E-state index contributed by atoms with van der Waals surface area (Å²) < 4.78 is 14.8. The first-order valence-corrected chi connectivity index (χ1v) is 6.02. The highest BCUT2D eigenvalue weighted by molar-refractivity contribution is 6.32. The first kappa shape index (κ1) is 12.8. The summed E-state index contributed by atoms with van der Waals surface area (Å²) in [4.78, 5) is 12.3. The van der Waals surface area contributed by atoms with Crippen LogP contribution in [0, 0.1) is 5.82 Å². The number of hydrogen-bond donors (Lipinski definition) is 1. The van der Waals surface area contributed by atoms with E-state index in [0.29, 0.717) is 17.2 Å². The Morgan fingerprint density at radius 2 is 2.10 bits per heavy atom. The van der Waals surface area contributed by atoms with Gasteiger partial charge >= 0.3 is 0 Å². The maximum absolute atomic E-state index is 13.3. The van der Waals surface area contributed by atoms with Crippen LogP contribution in [0.1, 0.15) is 0 Å². The molecule has 0 amide bonds. The molecule has 3 rings (SSSR count). The third-order valence-electron chi connectivity index (χ3n) is 2.77. The summed E-state index contributed by atoms with van der Waals surface area (Å²) in [6.45, 7) is 0. The number of pyridine rings is 1. The van der Waals surface area contributed by atoms with Gasteiger partial charge in [0.05, 0.1) is 12.4 Å². The molecule has 0 saturated heterocycles. The van der Waals surface area contributed by atoms with Crippen molar-refractivity contribution in [3.63, 3.8) is 0 Å². The highest BCUT2D eigenvalue weighted by atomic mass is 35.5. The van der Waals surface area contributed by atoms with Crippen LogP contribution in [0.15, 0.2) is 30.7 Å². The minimum Gasteiger partial charge on any atom is -0.294 e. The van der Waals surface area contributed by atoms with E-state index in [2.05, 4.69) is 15.0 Å². The van der Waals surface area contributed by atoms with Crippen molar-refractivity contribution >= 4 is 22.9 Å². The van der Waals surface area contributed by atoms with Gasteiger partial charge in [-0.15, -0.1) is 0 Å². The molecule has 0 saturated carbocycles. The third kappa shape index (κ3) is 2.06. The van der Waals surface area contributed by atoms with Crippen molar-refractivity contribution in [2.24, 2.45) is 0 Å². The SMILES string of the molecule is CN(O)c1cnc(-c2cnc3ccc(F)cn23)nc1Cl. The van der Waals surface area contributed by atoms with Crippen LogP contribution in [0.2, 0.25) is 5.15 Å². The zero-order valence-corrected chi connectivity index (χ0v) is 11.1. The fraction of sp³-hybridized carbons (Fsp3) is 0.0833. The lowest BCUT2D eigenvalue weighted by Gasteiger charge is -2.11. The summed E-state index contributed by atoms with van der Waals surface area (Å²) in [5.41, 5.74) is 1.36. The molecular formula is C12H9ClFN5O. The number of hydrogen-bond acceptors (Lipinski definition) is 5. The first-order chi connectivity index (χ1) is 9.56. The second kappa shape index (κ2) is 4.69. The van der Waals surface area contributed by atoms with E-state index >= 15 is 0 Å². The van der Waals surface area contributed by atoms with Gasteiger partial charge in [0.2, 0.25) is 0 Å². The number of halogens is 2. The van der Waals surface area contributed by atoms with E-state index in [-0.39, 0.29) is 10.8 Å². The van der Waals surface area contributed by atoms with E-state index in [4.69, 9.17) is 11.6 Å². The lowest BCUT2D eigenvalue weighted by molar-refractivity contribution is 0.279. The highest BCUT2D eigenvalue weighted by Gasteiger charge is 2.13. The molecule has 3 aromatic rings. The van der Waals surface area contributed by atoms with Gasteiger partial charge in [-0.1, -0.05) is 11.6 Å². The van der Waals surface area contributed by atoms with Gasteiger partial charge < -0.3 is 0 Å². The Kier molecular flexibility index (Phi) is 3.00. The Morgan fingerprint density at radius 3 is 2.80 bits per heavy atom. The molecule has 102 valence electrons. The molecule has 3 aromatic heterocycles. The Bertz CT molecular complexity index is 789. The van der Waals surface area contributed by atoms with Gasteiger partial charge in [-0.3, -0.25) is 14.7 Å². The van der Waals surface area contributed by atoms with Crippen LogP contribution < -0.4 is 5.06 Å². The molecule has 0 atom stereocenters. The van der Waals surface area contributed by atoms with Crippen molar-refractivity contribution in [2.45, 2.75) is 0 Å². The minimum atomic E-state index is -0.394. The Morgan fingerprint density at radius 1 is 1.30 bits per heavy atom. The van der Waals surface area contributed by atoms with E-state index in [1.807, 2.05) is 0 Å². The lowest BCUT2D eigenvalue weighted by Crippen LogP contribution is -2.11. The number of anilines is 1. The number of rotatable bonds is 2. The molecule has 1 N–H and O–H groups in total. The number of nitrogens with zero attached hydrogens (tertiary/aromatic N) is 5. The Hall–Kier alpha value is -2.25. The fourth-order valence-electron chi connectivity index (χ4n) is 1.82. The third-order valence-corrected chi connectivity index (χ3v) is 3.05. The van der Waals surface area contributed by atoms with Crippen LogP contribution in [-0.2, 0) is 0 Å². The summed E-state index contributed by atoms with van der Waals surface area (Å²) in [5, 5.41) is 10.2. The van der Waals surface area contributed by atoms with Gasteiger partial charge in [0.1, 0.15) is 22.8 Å². The van der Waals surface area contributed by atoms with E-state index in [9.17, 15) is 9.60 Å². The van der Waals surface area contributed by atoms with Crippen molar-refractivity contribution in [3.8, 4) is 11.5 Å². The normalized spacial score (nSPS) is 11.0. The van der Waals surface area contributed by atoms with E-state index in [1.54, 1.807) is 6.07 Å². The number of imidazole rings is 1. The topological polar surface area (TPSA) is 66.5 Å². The average molecular weight is 294 g/mol. The van der Waals surface area contributed by atoms with E-state index in [0.717, 1.165) is 5.06 Å². The largest absolute Gasteiger partial charge is 0.294 e. The molecule has 0 radical (unpaired) electrons. The second-order valence-electron chi connectivity index (χ2n) is 4.11. The number of fused-ring (bicyclic) bond motifs is 1. The maximum atomic E-state index is 13.3. The number of aromatic nitrogens is 4. The van der Waals surface area contributed by atoms with Gasteiger partial charge in [-0.2, -0.15) is 0 Å². The maximum Gasteiger partial charge on any atom is 0.179 e. The van der Waals surface area contributed by atoms with Gasteiger partial charge in [-0.05, 0) is 12.1 Å². The smallest absolute Gasteiger partial charge is 0.179 e. The standard InChI is InChI=1S/C12H9ClFN5O/c1-18(20)8-4-16-12(17-11(8)13)9-5-15-10-3-2-7(14)6-19(9)10/h2-6,20H,1H3. The second-order valence-corrected chi connectivity index (χ2v) is 4.47. The highest BCUT2D eigenvalue weighted by Crippen LogP contribution is 2.25. The van der Waals surface area contributed by atoms with Crippen LogP contribution in [0.4, 0.5) is 10.1 Å². The minimum absolute atomic E-state index is 0.0892. The molecule has 0 aromatic carbocycles. The van der Waals surface area contributed by atoms with Crippen molar-refractivity contribution in [1.82, 2.24) is 19.4 Å². The summed E-state index contributed by atoms with van der Waals surface area (Å²) in [6.07, 6.45) is 4.20. The predicted molar refractivity (Wildman–Crippen MR) is 71.4 cm³/mol. The fourth-order valence-corrected chi connectivity index (χ4v) is 2.07. The van der Waals surface area contributed by atoms with Crippen LogP contribution in [0.3, 0.4) is 0 Å². The van der Waals surface area contributed by atoms with E-state index < -0.39 is 5.82 Å². The van der Waals surface area contributed by atoms with Crippen LogP contribution in [0.5, 0.6) is 0 Å². The molecule has 0 unspecified atom stereocenters. The van der Waals surface area contributed by atoms with Crippen molar-refractivity contribution in [3.05, 3.63) is 41.7 Å². The molecule has 0 aliphatic heterocycles. The molecule has 0 spiro atoms. The predicted octanol–water partition coefficient (Wildman–Crippen LogP) is 2.41. The summed E-state index contributed by atoms with van der Waals surface area (Å²) >= 11 is 5.97. The molecule has 3 heterocycles. The summed E-state index contributed by atoms with van der Waals surface area (Å²) in [6, 6.07) is 2.88. The Balaban J connectivity index is 2.16. The van der Waals surface area contributed by atoms with Gasteiger partial charge in [-0.25, -0.2) is 19.3 Å². The first-order valence-electron chi connectivity index (χ1n) is 5.64. The Labute approximate surface area is 118 Å². The number of hydroxylamine groups is 1. The molecule has 6 nitrogen and oxygen atoms in total. The van der Waals surface area contributed by atoms with Crippen molar-refractivity contribution < 1.29 is 9.60 Å². The van der Waals surface area contributed by atoms with Gasteiger partial charge in [0.15, 0.2) is 11.0 Å². The molecule has 0 bridgehead atoms. The average Bonchev–Trinajstić information content (AvgIpc) is 2.81. The van der Waals surface area contributed by atoms with E-state index in [1.165, 1.54) is 36.1 Å². The van der Waals surface area contributed by atoms with Crippen LogP contribution >= 0.6 is 11.6 Å². The molecule has 0 fully saturated rings. The van der Waals surface area contributed by atoms with Crippen molar-refractivity contribution in [2.75, 3.05) is 12.1 Å². The summed E-state index contributed by atoms with van der Waals surface area (Å²) in [7, 11) is 1.41. The quantitative estimate of drug-likeness (QED) is 0.580. The van der Waals surface area contributed by atoms with Crippen LogP contribution in [-0.4, -0.2) is 31.6 Å². The molecule has 0 aliphatic rings. The molecular weight excluding hydrogens is 285 g/mol. The monoisotopic (exact) mass is 293 g/mol. The summed E-state index contributed by atoms with van der Waals surface area (Å²) in [5.74, 6) is -0.103. The van der Waals surface area contributed by atoms with Crippen molar-refractivity contribution in [1.29, 1.82) is 0 Å². The van der Waals surface area contributed by atoms with Gasteiger partial charge in [0, 0.05) is 13.2 Å². The zero-order chi connectivity index (χ0) is 14.3. The zero-order valence-electron chi connectivity index (χ0n) is 10.3. The lowest BCUT2D eigenvalue weighted by atomic mass is 10.4. The molecule has 8 heteroatoms. The molecule has 20 heavy (non-hydrogen) atoms. The van der Waals surface area contributed by atoms with Gasteiger partial charge in [0.25, 0.3) is 0 Å². The van der Waals surface area contributed by atoms with Crippen LogP contribution in [0.25, 0.3) is 17.2 Å². The molecule has 0 aliphatic carbocycles.